The molecule has 0 aromatic heterocycles. The number of amides is 2. The van der Waals surface area contributed by atoms with E-state index >= 15 is 0 Å². The van der Waals surface area contributed by atoms with Crippen molar-refractivity contribution in [1.82, 2.24) is 10.2 Å². The van der Waals surface area contributed by atoms with Crippen LogP contribution in [-0.4, -0.2) is 80.9 Å². The van der Waals surface area contributed by atoms with E-state index in [4.69, 9.17) is 9.47 Å². The number of carbonyl (C=O) groups is 3. The smallest absolute Gasteiger partial charge is 0.410 e. The van der Waals surface area contributed by atoms with Crippen LogP contribution < -0.4 is 14.4 Å². The average molecular weight is 690 g/mol. The molecule has 0 spiro atoms. The Hall–Kier alpha value is -4.56. The van der Waals surface area contributed by atoms with Crippen LogP contribution in [0.1, 0.15) is 59.5 Å². The summed E-state index contributed by atoms with van der Waals surface area (Å²) in [6.07, 6.45) is -1.60. The number of rotatable bonds is 13. The lowest BCUT2D eigenvalue weighted by molar-refractivity contribution is 0.00836. The van der Waals surface area contributed by atoms with E-state index in [1.165, 1.54) is 44.2 Å². The van der Waals surface area contributed by atoms with Crippen molar-refractivity contribution >= 4 is 33.5 Å². The summed E-state index contributed by atoms with van der Waals surface area (Å²) in [5, 5.41) is 14.2. The Bertz CT molecular complexity index is 1740. The fraction of sp³-hybridized carbons (Fsp3) is 0.382. The number of benzene rings is 3. The van der Waals surface area contributed by atoms with Gasteiger partial charge in [0.15, 0.2) is 5.78 Å². The molecule has 0 fully saturated rings. The first-order chi connectivity index (χ1) is 22.2. The van der Waals surface area contributed by atoms with Gasteiger partial charge in [-0.2, -0.15) is 0 Å². The highest BCUT2D eigenvalue weighted by Crippen LogP contribution is 2.23. The van der Waals surface area contributed by atoms with Crippen molar-refractivity contribution in [1.29, 1.82) is 0 Å². The highest BCUT2D eigenvalue weighted by molar-refractivity contribution is 7.92. The molecule has 2 amide bonds. The van der Waals surface area contributed by atoms with Gasteiger partial charge < -0.3 is 24.8 Å². The number of hydrogen-bond donors (Lipinski definition) is 2. The van der Waals surface area contributed by atoms with Gasteiger partial charge in [-0.15, -0.1) is 0 Å². The number of ether oxygens (including phenoxy) is 2. The Morgan fingerprint density at radius 3 is 2.15 bits per heavy atom. The molecule has 3 aromatic carbocycles. The Morgan fingerprint density at radius 2 is 1.58 bits per heavy atom. The van der Waals surface area contributed by atoms with Crippen molar-refractivity contribution in [3.63, 3.8) is 0 Å². The fourth-order valence-corrected chi connectivity index (χ4v) is 5.20. The van der Waals surface area contributed by atoms with Crippen molar-refractivity contribution < 1.29 is 46.2 Å². The molecular weight excluding hydrogens is 648 g/mol. The van der Waals surface area contributed by atoms with Gasteiger partial charge in [0, 0.05) is 30.8 Å². The molecule has 2 atom stereocenters. The summed E-state index contributed by atoms with van der Waals surface area (Å²) in [6, 6.07) is 12.3. The summed E-state index contributed by atoms with van der Waals surface area (Å²) in [4.78, 5) is 40.5. The molecule has 0 saturated carbocycles. The number of halogens is 2. The van der Waals surface area contributed by atoms with E-state index in [0.717, 1.165) is 22.7 Å². The van der Waals surface area contributed by atoms with E-state index in [9.17, 15) is 36.7 Å². The number of carbonyl (C=O) groups excluding carboxylic acids is 3. The molecule has 3 rings (SSSR count). The molecule has 260 valence electrons. The Balaban J connectivity index is 2.03. The number of nitrogens with one attached hydrogen (secondary N) is 1. The topological polar surface area (TPSA) is 143 Å². The Morgan fingerprint density at radius 1 is 0.958 bits per heavy atom. The summed E-state index contributed by atoms with van der Waals surface area (Å²) < 4.78 is 64.5. The van der Waals surface area contributed by atoms with Crippen molar-refractivity contribution in [3.8, 4) is 5.75 Å². The van der Waals surface area contributed by atoms with Crippen molar-refractivity contribution in [2.24, 2.45) is 0 Å². The Labute approximate surface area is 279 Å². The summed E-state index contributed by atoms with van der Waals surface area (Å²) in [6.45, 7) is 5.87. The molecule has 0 aliphatic rings. The maximum atomic E-state index is 14.2. The first kappa shape index (κ1) is 37.9. The number of anilines is 1. The molecule has 0 radical (unpaired) electrons. The normalized spacial score (nSPS) is 12.9. The van der Waals surface area contributed by atoms with E-state index in [0.29, 0.717) is 17.4 Å². The fourth-order valence-electron chi connectivity index (χ4n) is 4.71. The van der Waals surface area contributed by atoms with Gasteiger partial charge in [0.25, 0.3) is 5.91 Å². The number of ketones is 1. The highest BCUT2D eigenvalue weighted by Gasteiger charge is 2.30. The number of nitrogens with zero attached hydrogens (tertiary/aromatic N) is 2. The third kappa shape index (κ3) is 11.0. The van der Waals surface area contributed by atoms with Crippen LogP contribution in [0, 0.1) is 11.6 Å². The Kier molecular flexibility index (Phi) is 12.3. The minimum atomic E-state index is -3.77. The molecule has 3 aromatic rings. The van der Waals surface area contributed by atoms with Gasteiger partial charge in [-0.1, -0.05) is 12.1 Å². The zero-order valence-corrected chi connectivity index (χ0v) is 28.7. The molecule has 0 aliphatic carbocycles. The van der Waals surface area contributed by atoms with Crippen LogP contribution in [0.5, 0.6) is 5.75 Å². The van der Waals surface area contributed by atoms with Gasteiger partial charge in [-0.3, -0.25) is 13.9 Å². The van der Waals surface area contributed by atoms with Gasteiger partial charge in [-0.05, 0) is 87.7 Å². The SMILES string of the molecule is COc1cccc(CN(C[C@@H](O)[C@H](Cc2cc(F)cc(F)c2)NC(=O)c2cc(C(C)=O)cc(N(C)S(C)(=O)=O)c2)C(=O)OC(C)(C)C)c1. The highest BCUT2D eigenvalue weighted by atomic mass is 32.2. The van der Waals surface area contributed by atoms with Gasteiger partial charge in [0.2, 0.25) is 10.0 Å². The van der Waals surface area contributed by atoms with Crippen molar-refractivity contribution in [2.75, 3.05) is 31.3 Å². The second-order valence-electron chi connectivity index (χ2n) is 12.4. The van der Waals surface area contributed by atoms with Crippen LogP contribution in [0.4, 0.5) is 19.3 Å². The molecule has 11 nitrogen and oxygen atoms in total. The third-order valence-electron chi connectivity index (χ3n) is 7.17. The van der Waals surface area contributed by atoms with Gasteiger partial charge in [0.05, 0.1) is 37.7 Å². The molecule has 14 heteroatoms. The zero-order chi connectivity index (χ0) is 36.0. The van der Waals surface area contributed by atoms with E-state index in [2.05, 4.69) is 5.32 Å². The number of aliphatic hydroxyl groups is 1. The molecule has 0 unspecified atom stereocenters. The monoisotopic (exact) mass is 689 g/mol. The quantitative estimate of drug-likeness (QED) is 0.246. The number of aliphatic hydroxyl groups excluding tert-OH is 1. The van der Waals surface area contributed by atoms with Crippen LogP contribution in [0.2, 0.25) is 0 Å². The number of hydrogen-bond acceptors (Lipinski definition) is 8. The van der Waals surface area contributed by atoms with Gasteiger partial charge in [-0.25, -0.2) is 22.0 Å². The van der Waals surface area contributed by atoms with E-state index in [1.807, 2.05) is 0 Å². The maximum absolute atomic E-state index is 14.2. The molecule has 0 aliphatic heterocycles. The predicted molar refractivity (Wildman–Crippen MR) is 177 cm³/mol. The molecule has 0 bridgehead atoms. The lowest BCUT2D eigenvalue weighted by Crippen LogP contribution is -2.51. The summed E-state index contributed by atoms with van der Waals surface area (Å²) >= 11 is 0. The first-order valence-electron chi connectivity index (χ1n) is 14.9. The standard InChI is InChI=1S/C34H41F2N3O8S/c1-21(40)24-15-25(17-28(16-24)38(5)48(7,44)45)32(42)37-30(14-23-11-26(35)18-27(36)12-23)31(41)20-39(33(43)47-34(2,3)4)19-22-9-8-10-29(13-22)46-6/h8-13,15-18,30-31,41H,14,19-20H2,1-7H3,(H,37,42)/t30-,31+/m0/s1. The van der Waals surface area contributed by atoms with Gasteiger partial charge in [0.1, 0.15) is 23.0 Å². The van der Waals surface area contributed by atoms with E-state index < -0.39 is 57.2 Å². The lowest BCUT2D eigenvalue weighted by Gasteiger charge is -2.32. The van der Waals surface area contributed by atoms with Crippen LogP contribution in [0.25, 0.3) is 0 Å². The summed E-state index contributed by atoms with van der Waals surface area (Å²) in [7, 11) is -1.02. The van der Waals surface area contributed by atoms with Gasteiger partial charge >= 0.3 is 6.09 Å². The summed E-state index contributed by atoms with van der Waals surface area (Å²) in [5.41, 5.74) is -0.177. The molecule has 48 heavy (non-hydrogen) atoms. The average Bonchev–Trinajstić information content (AvgIpc) is 2.97. The lowest BCUT2D eigenvalue weighted by atomic mass is 9.99. The second kappa shape index (κ2) is 15.6. The van der Waals surface area contributed by atoms with Crippen LogP contribution in [0.3, 0.4) is 0 Å². The summed E-state index contributed by atoms with van der Waals surface area (Å²) in [5.74, 6) is -2.48. The molecule has 0 heterocycles. The predicted octanol–water partition coefficient (Wildman–Crippen LogP) is 4.71. The number of methoxy groups -OCH3 is 1. The van der Waals surface area contributed by atoms with Crippen LogP contribution in [-0.2, 0) is 27.7 Å². The molecule has 2 N–H and O–H groups in total. The minimum Gasteiger partial charge on any atom is -0.497 e. The minimum absolute atomic E-state index is 0.0275. The number of Topliss-reactive ketones (excluding diaryl/α,β-unsaturated/α-hetero) is 1. The van der Waals surface area contributed by atoms with E-state index in [1.54, 1.807) is 45.0 Å². The van der Waals surface area contributed by atoms with Crippen molar-refractivity contribution in [3.05, 3.63) is 94.6 Å². The third-order valence-corrected chi connectivity index (χ3v) is 8.38. The first-order valence-corrected chi connectivity index (χ1v) is 16.7. The molecule has 0 saturated heterocycles. The number of sulfonamides is 1. The van der Waals surface area contributed by atoms with Crippen LogP contribution >= 0.6 is 0 Å². The zero-order valence-electron chi connectivity index (χ0n) is 27.9. The van der Waals surface area contributed by atoms with Crippen molar-refractivity contribution in [2.45, 2.75) is 58.4 Å². The van der Waals surface area contributed by atoms with E-state index in [-0.39, 0.29) is 41.9 Å². The largest absolute Gasteiger partial charge is 0.497 e. The maximum Gasteiger partial charge on any atom is 0.410 e. The molecular formula is C34H41F2N3O8S. The van der Waals surface area contributed by atoms with Crippen LogP contribution in [0.15, 0.2) is 60.7 Å². The second-order valence-corrected chi connectivity index (χ2v) is 14.4.